The molecule has 1 amide bonds. The van der Waals surface area contributed by atoms with Crippen molar-refractivity contribution in [1.82, 2.24) is 19.9 Å². The fourth-order valence-corrected chi connectivity index (χ4v) is 6.82. The summed E-state index contributed by atoms with van der Waals surface area (Å²) >= 11 is 0. The Balaban J connectivity index is 1.41. The summed E-state index contributed by atoms with van der Waals surface area (Å²) in [6, 6.07) is 25.5. The number of benzene rings is 3. The first kappa shape index (κ1) is 36.5. The molecule has 0 aliphatic carbocycles. The first-order chi connectivity index (χ1) is 23.0. The van der Waals surface area contributed by atoms with Crippen LogP contribution in [0.3, 0.4) is 0 Å². The van der Waals surface area contributed by atoms with Crippen LogP contribution in [0.15, 0.2) is 94.8 Å². The van der Waals surface area contributed by atoms with Gasteiger partial charge in [0.25, 0.3) is 5.96 Å². The van der Waals surface area contributed by atoms with Crippen LogP contribution in [0, 0.1) is 10.1 Å². The number of nitrogens with one attached hydrogen (secondary N) is 2. The molecule has 1 fully saturated rings. The molecule has 4 N–H and O–H groups in total. The van der Waals surface area contributed by atoms with E-state index < -0.39 is 26.5 Å². The minimum Gasteiger partial charge on any atom is -0.375 e. The number of rotatable bonds is 16. The van der Waals surface area contributed by atoms with Crippen LogP contribution in [0.25, 0.3) is 0 Å². The normalized spacial score (nSPS) is 15.2. The smallest absolute Gasteiger partial charge is 0.251 e. The number of amides is 1. The standard InChI is InChI=1S/C34H45N7O6S/c1-34(2,28-13-7-4-8-14-28)29-15-9-16-30(25-29)48(45,46)38-31(17-10-18-36-33(35)37-41(43)44)32(42)40-21-19-39(20-22-40)23-24-47-26-27-11-5-3-6-12-27/h3-9,11-16,25,31,38H,10,17-24,26H2,1-2H3,(H3,35,36,37)/t31-/m0/s1. The number of carbonyl (C=O) groups is 1. The molecular weight excluding hydrogens is 634 g/mol. The Hall–Kier alpha value is -4.37. The zero-order chi connectivity index (χ0) is 34.6. The predicted octanol–water partition coefficient (Wildman–Crippen LogP) is 2.90. The predicted molar refractivity (Wildman–Crippen MR) is 184 cm³/mol. The molecule has 258 valence electrons. The lowest BCUT2D eigenvalue weighted by atomic mass is 9.78. The first-order valence-corrected chi connectivity index (χ1v) is 17.5. The van der Waals surface area contributed by atoms with Gasteiger partial charge in [0.1, 0.15) is 6.04 Å². The lowest BCUT2D eigenvalue weighted by Gasteiger charge is -2.36. The van der Waals surface area contributed by atoms with Crippen LogP contribution in [0.1, 0.15) is 43.4 Å². The van der Waals surface area contributed by atoms with E-state index in [1.165, 1.54) is 6.07 Å². The van der Waals surface area contributed by atoms with E-state index in [2.05, 4.69) is 14.6 Å². The number of aliphatic imine (C=N–C) groups is 1. The van der Waals surface area contributed by atoms with Gasteiger partial charge in [0.05, 0.1) is 18.1 Å². The molecule has 1 heterocycles. The van der Waals surface area contributed by atoms with Gasteiger partial charge in [-0.15, -0.1) is 0 Å². The van der Waals surface area contributed by atoms with Gasteiger partial charge < -0.3 is 15.4 Å². The third-order valence-electron chi connectivity index (χ3n) is 8.44. The van der Waals surface area contributed by atoms with Crippen molar-refractivity contribution >= 4 is 21.9 Å². The van der Waals surface area contributed by atoms with Crippen molar-refractivity contribution in [3.05, 3.63) is 112 Å². The summed E-state index contributed by atoms with van der Waals surface area (Å²) in [5.41, 5.74) is 9.78. The zero-order valence-electron chi connectivity index (χ0n) is 27.5. The molecule has 0 radical (unpaired) electrons. The molecule has 13 nitrogen and oxygen atoms in total. The first-order valence-electron chi connectivity index (χ1n) is 16.0. The van der Waals surface area contributed by atoms with E-state index in [-0.39, 0.29) is 36.1 Å². The van der Waals surface area contributed by atoms with Crippen molar-refractivity contribution in [3.63, 3.8) is 0 Å². The van der Waals surface area contributed by atoms with E-state index in [1.54, 1.807) is 22.5 Å². The molecule has 0 saturated carbocycles. The van der Waals surface area contributed by atoms with Crippen molar-refractivity contribution in [1.29, 1.82) is 0 Å². The maximum Gasteiger partial charge on any atom is 0.251 e. The second kappa shape index (κ2) is 17.2. The number of hydrazine groups is 1. The van der Waals surface area contributed by atoms with E-state index in [0.717, 1.165) is 23.2 Å². The summed E-state index contributed by atoms with van der Waals surface area (Å²) in [6.45, 7) is 8.07. The van der Waals surface area contributed by atoms with Gasteiger partial charge in [0.15, 0.2) is 5.03 Å². The Morgan fingerprint density at radius 1 is 1.00 bits per heavy atom. The Labute approximate surface area is 282 Å². The van der Waals surface area contributed by atoms with Crippen LogP contribution in [-0.4, -0.2) is 87.0 Å². The quantitative estimate of drug-likeness (QED) is 0.0677. The maximum atomic E-state index is 13.8. The SMILES string of the molecule is CC(C)(c1ccccc1)c1cccc(S(=O)(=O)N[C@@H](CCCN=C(N)N[N+](=O)[O-])C(=O)N2CCN(CCOCc3ccccc3)CC2)c1. The van der Waals surface area contributed by atoms with Gasteiger partial charge in [0, 0.05) is 44.7 Å². The number of ether oxygens (including phenoxy) is 1. The number of hydrogen-bond donors (Lipinski definition) is 3. The Bertz CT molecular complexity index is 1630. The topological polar surface area (TPSA) is 172 Å². The number of piperazine rings is 1. The average Bonchev–Trinajstić information content (AvgIpc) is 3.08. The second-order valence-corrected chi connectivity index (χ2v) is 13.9. The van der Waals surface area contributed by atoms with E-state index in [9.17, 15) is 23.3 Å². The van der Waals surface area contributed by atoms with Crippen molar-refractivity contribution in [3.8, 4) is 0 Å². The summed E-state index contributed by atoms with van der Waals surface area (Å²) in [5.74, 6) is -0.704. The summed E-state index contributed by atoms with van der Waals surface area (Å²) in [7, 11) is -4.11. The number of nitrogens with zero attached hydrogens (tertiary/aromatic N) is 4. The zero-order valence-corrected chi connectivity index (χ0v) is 28.3. The number of nitrogens with two attached hydrogens (primary N) is 1. The van der Waals surface area contributed by atoms with E-state index >= 15 is 0 Å². The highest BCUT2D eigenvalue weighted by Crippen LogP contribution is 2.32. The van der Waals surface area contributed by atoms with E-state index in [4.69, 9.17) is 10.5 Å². The molecule has 4 rings (SSSR count). The summed E-state index contributed by atoms with van der Waals surface area (Å²) in [5, 5.41) is 9.81. The molecule has 1 aliphatic rings. The van der Waals surface area contributed by atoms with Gasteiger partial charge in [0.2, 0.25) is 15.9 Å². The van der Waals surface area contributed by atoms with Crippen LogP contribution in [-0.2, 0) is 31.6 Å². The monoisotopic (exact) mass is 679 g/mol. The van der Waals surface area contributed by atoms with Gasteiger partial charge >= 0.3 is 0 Å². The molecule has 0 aromatic heterocycles. The molecular formula is C34H45N7O6S. The lowest BCUT2D eigenvalue weighted by molar-refractivity contribution is -0.525. The van der Waals surface area contributed by atoms with Crippen molar-refractivity contribution in [2.75, 3.05) is 45.9 Å². The van der Waals surface area contributed by atoms with E-state index in [1.807, 2.05) is 80.6 Å². The largest absolute Gasteiger partial charge is 0.375 e. The van der Waals surface area contributed by atoms with Gasteiger partial charge in [-0.2, -0.15) is 4.72 Å². The minimum atomic E-state index is -4.11. The molecule has 3 aromatic rings. The highest BCUT2D eigenvalue weighted by Gasteiger charge is 2.32. The van der Waals surface area contributed by atoms with Gasteiger partial charge in [-0.1, -0.05) is 92.1 Å². The third kappa shape index (κ3) is 10.6. The third-order valence-corrected chi connectivity index (χ3v) is 9.91. The average molecular weight is 680 g/mol. The molecule has 48 heavy (non-hydrogen) atoms. The fraction of sp³-hybridized carbons (Fsp3) is 0.412. The Morgan fingerprint density at radius 3 is 2.31 bits per heavy atom. The Morgan fingerprint density at radius 2 is 1.65 bits per heavy atom. The fourth-order valence-electron chi connectivity index (χ4n) is 5.56. The lowest BCUT2D eigenvalue weighted by Crippen LogP contribution is -2.55. The molecule has 1 atom stereocenters. The Kier molecular flexibility index (Phi) is 13.0. The maximum absolute atomic E-state index is 13.8. The highest BCUT2D eigenvalue weighted by atomic mass is 32.2. The minimum absolute atomic E-state index is 0.0552. The van der Waals surface area contributed by atoms with Crippen molar-refractivity contribution in [2.45, 2.75) is 49.6 Å². The van der Waals surface area contributed by atoms with Crippen LogP contribution < -0.4 is 15.9 Å². The molecule has 3 aromatic carbocycles. The number of sulfonamides is 1. The molecule has 0 spiro atoms. The molecule has 1 saturated heterocycles. The van der Waals surface area contributed by atoms with Crippen molar-refractivity contribution < 1.29 is 23.0 Å². The number of hydrogen-bond acceptors (Lipinski definition) is 8. The number of nitro groups is 1. The summed E-state index contributed by atoms with van der Waals surface area (Å²) in [6.07, 6.45) is 0.384. The molecule has 14 heteroatoms. The summed E-state index contributed by atoms with van der Waals surface area (Å²) < 4.78 is 36.0. The van der Waals surface area contributed by atoms with Crippen LogP contribution in [0.5, 0.6) is 0 Å². The van der Waals surface area contributed by atoms with Gasteiger partial charge in [-0.25, -0.2) is 23.5 Å². The highest BCUT2D eigenvalue weighted by molar-refractivity contribution is 7.89. The number of carbonyl (C=O) groups excluding carboxylic acids is 1. The summed E-state index contributed by atoms with van der Waals surface area (Å²) in [4.78, 5) is 32.3. The van der Waals surface area contributed by atoms with Crippen LogP contribution >= 0.6 is 0 Å². The van der Waals surface area contributed by atoms with Gasteiger partial charge in [-0.3, -0.25) is 9.69 Å². The van der Waals surface area contributed by atoms with Crippen LogP contribution in [0.2, 0.25) is 0 Å². The molecule has 0 unspecified atom stereocenters. The molecule has 1 aliphatic heterocycles. The number of guanidine groups is 1. The molecule has 0 bridgehead atoms. The van der Waals surface area contributed by atoms with Crippen LogP contribution in [0.4, 0.5) is 0 Å². The van der Waals surface area contributed by atoms with Crippen molar-refractivity contribution in [2.24, 2.45) is 10.7 Å². The van der Waals surface area contributed by atoms with Gasteiger partial charge in [-0.05, 0) is 41.7 Å². The second-order valence-electron chi connectivity index (χ2n) is 12.2. The van der Waals surface area contributed by atoms with E-state index in [0.29, 0.717) is 39.4 Å².